The lowest BCUT2D eigenvalue weighted by molar-refractivity contribution is -0.685. The van der Waals surface area contributed by atoms with E-state index in [1.807, 2.05) is 23.9 Å². The molecule has 0 atom stereocenters. The van der Waals surface area contributed by atoms with Crippen LogP contribution in [0.2, 0.25) is 0 Å². The predicted octanol–water partition coefficient (Wildman–Crippen LogP) is 1.99. The molecule has 2 N–H and O–H groups in total. The van der Waals surface area contributed by atoms with Crippen molar-refractivity contribution in [3.63, 3.8) is 0 Å². The van der Waals surface area contributed by atoms with Crippen molar-refractivity contribution in [1.29, 1.82) is 0 Å². The maximum Gasteiger partial charge on any atom is 0.335 e. The van der Waals surface area contributed by atoms with Gasteiger partial charge in [0.1, 0.15) is 0 Å². The highest BCUT2D eigenvalue weighted by molar-refractivity contribution is 7.09. The number of aromatic carboxylic acids is 1. The molecule has 1 amide bonds. The molecule has 0 spiro atoms. The van der Waals surface area contributed by atoms with E-state index < -0.39 is 5.97 Å². The van der Waals surface area contributed by atoms with Crippen LogP contribution in [0.4, 0.5) is 5.69 Å². The number of carboxylic acid groups (broad SMARTS) is 1. The van der Waals surface area contributed by atoms with Crippen LogP contribution in [0.25, 0.3) is 0 Å². The van der Waals surface area contributed by atoms with E-state index in [0.717, 1.165) is 5.69 Å². The van der Waals surface area contributed by atoms with Crippen LogP contribution in [0.3, 0.4) is 0 Å². The number of aromatic nitrogens is 1. The zero-order valence-electron chi connectivity index (χ0n) is 11.2. The van der Waals surface area contributed by atoms with Crippen LogP contribution in [0.1, 0.15) is 20.9 Å². The molecular formula is C14H15N2O3S+. The molecule has 6 heteroatoms. The van der Waals surface area contributed by atoms with Crippen molar-refractivity contribution >= 4 is 28.9 Å². The molecule has 1 heterocycles. The number of thiazole rings is 1. The van der Waals surface area contributed by atoms with Gasteiger partial charge in [-0.1, -0.05) is 11.3 Å². The Morgan fingerprint density at radius 3 is 2.40 bits per heavy atom. The second-order valence-electron chi connectivity index (χ2n) is 4.42. The Labute approximate surface area is 120 Å². The van der Waals surface area contributed by atoms with Gasteiger partial charge in [-0.3, -0.25) is 4.79 Å². The Kier molecular flexibility index (Phi) is 4.14. The zero-order chi connectivity index (χ0) is 14.7. The van der Waals surface area contributed by atoms with Crippen LogP contribution in [-0.2, 0) is 11.3 Å². The van der Waals surface area contributed by atoms with Crippen molar-refractivity contribution in [3.8, 4) is 0 Å². The van der Waals surface area contributed by atoms with Crippen LogP contribution >= 0.6 is 11.3 Å². The lowest BCUT2D eigenvalue weighted by Crippen LogP contribution is -2.40. The molecule has 20 heavy (non-hydrogen) atoms. The Morgan fingerprint density at radius 1 is 1.25 bits per heavy atom. The van der Waals surface area contributed by atoms with Crippen molar-refractivity contribution in [2.75, 3.05) is 5.32 Å². The van der Waals surface area contributed by atoms with Crippen LogP contribution in [0.5, 0.6) is 0 Å². The van der Waals surface area contributed by atoms with E-state index in [4.69, 9.17) is 5.11 Å². The number of aryl methyl sites for hydroxylation is 1. The largest absolute Gasteiger partial charge is 0.478 e. The number of nitrogens with one attached hydrogen (secondary N) is 1. The number of anilines is 1. The minimum Gasteiger partial charge on any atom is -0.478 e. The lowest BCUT2D eigenvalue weighted by atomic mass is 10.2. The zero-order valence-corrected chi connectivity index (χ0v) is 12.0. The second-order valence-corrected chi connectivity index (χ2v) is 5.48. The first kappa shape index (κ1) is 14.2. The van der Waals surface area contributed by atoms with Gasteiger partial charge in [0.15, 0.2) is 5.69 Å². The van der Waals surface area contributed by atoms with Crippen molar-refractivity contribution in [1.82, 2.24) is 0 Å². The second kappa shape index (κ2) is 5.83. The minimum atomic E-state index is -0.984. The summed E-state index contributed by atoms with van der Waals surface area (Å²) in [4.78, 5) is 23.8. The number of rotatable bonds is 4. The molecule has 0 saturated carbocycles. The quantitative estimate of drug-likeness (QED) is 0.846. The van der Waals surface area contributed by atoms with E-state index in [1.165, 1.54) is 17.0 Å². The summed E-state index contributed by atoms with van der Waals surface area (Å²) in [6.07, 6.45) is 0. The molecular weight excluding hydrogens is 276 g/mol. The number of carboxylic acids is 1. The molecule has 2 rings (SSSR count). The number of carbonyl (C=O) groups is 2. The highest BCUT2D eigenvalue weighted by Gasteiger charge is 2.16. The van der Waals surface area contributed by atoms with Gasteiger partial charge in [0.2, 0.25) is 12.1 Å². The smallest absolute Gasteiger partial charge is 0.335 e. The maximum atomic E-state index is 11.9. The average molecular weight is 291 g/mol. The standard InChI is InChI=1S/C14H14N2O3S/c1-9-10(2)20-8-16(9)7-13(17)15-12-5-3-11(4-6-12)14(18)19/h3-6,8H,7H2,1-2H3,(H-,15,17,18,19)/p+1. The molecule has 0 aliphatic rings. The molecule has 5 nitrogen and oxygen atoms in total. The van der Waals surface area contributed by atoms with E-state index in [-0.39, 0.29) is 18.0 Å². The summed E-state index contributed by atoms with van der Waals surface area (Å²) in [5, 5.41) is 11.5. The lowest BCUT2D eigenvalue weighted by Gasteiger charge is -2.03. The van der Waals surface area contributed by atoms with Crippen molar-refractivity contribution in [3.05, 3.63) is 45.9 Å². The highest BCUT2D eigenvalue weighted by Crippen LogP contribution is 2.10. The normalized spacial score (nSPS) is 10.3. The molecule has 0 saturated heterocycles. The van der Waals surface area contributed by atoms with Gasteiger partial charge >= 0.3 is 5.97 Å². The third kappa shape index (κ3) is 3.21. The van der Waals surface area contributed by atoms with Crippen molar-refractivity contribution in [2.24, 2.45) is 0 Å². The molecule has 1 aromatic carbocycles. The Balaban J connectivity index is 2.01. The number of amides is 1. The van der Waals surface area contributed by atoms with Crippen molar-refractivity contribution in [2.45, 2.75) is 20.4 Å². The summed E-state index contributed by atoms with van der Waals surface area (Å²) in [5.74, 6) is -1.12. The summed E-state index contributed by atoms with van der Waals surface area (Å²) in [6, 6.07) is 6.09. The van der Waals surface area contributed by atoms with Crippen LogP contribution < -0.4 is 9.88 Å². The van der Waals surface area contributed by atoms with E-state index in [1.54, 1.807) is 23.5 Å². The third-order valence-electron chi connectivity index (χ3n) is 3.03. The van der Waals surface area contributed by atoms with Gasteiger partial charge in [-0.25, -0.2) is 4.79 Å². The number of carbonyl (C=O) groups excluding carboxylic acids is 1. The molecule has 0 aliphatic heterocycles. The van der Waals surface area contributed by atoms with Crippen LogP contribution in [0.15, 0.2) is 29.8 Å². The summed E-state index contributed by atoms with van der Waals surface area (Å²) >= 11 is 1.60. The number of benzene rings is 1. The summed E-state index contributed by atoms with van der Waals surface area (Å²) < 4.78 is 1.89. The fraction of sp³-hybridized carbons (Fsp3) is 0.214. The molecule has 1 aromatic heterocycles. The van der Waals surface area contributed by atoms with Gasteiger partial charge in [-0.15, -0.1) is 0 Å². The first-order valence-corrected chi connectivity index (χ1v) is 6.92. The fourth-order valence-corrected chi connectivity index (χ4v) is 2.52. The molecule has 2 aromatic rings. The van der Waals surface area contributed by atoms with E-state index >= 15 is 0 Å². The first-order chi connectivity index (χ1) is 9.47. The van der Waals surface area contributed by atoms with E-state index in [9.17, 15) is 9.59 Å². The monoisotopic (exact) mass is 291 g/mol. The van der Waals surface area contributed by atoms with Gasteiger partial charge in [0.05, 0.1) is 10.4 Å². The number of hydrogen-bond acceptors (Lipinski definition) is 3. The Morgan fingerprint density at radius 2 is 1.90 bits per heavy atom. The van der Waals surface area contributed by atoms with Gasteiger partial charge in [0, 0.05) is 12.6 Å². The van der Waals surface area contributed by atoms with E-state index in [2.05, 4.69) is 5.32 Å². The fourth-order valence-electron chi connectivity index (χ4n) is 1.72. The summed E-state index contributed by atoms with van der Waals surface area (Å²) in [5.41, 5.74) is 3.77. The van der Waals surface area contributed by atoms with Gasteiger partial charge in [0.25, 0.3) is 5.91 Å². The Bertz CT molecular complexity index is 647. The molecule has 104 valence electrons. The average Bonchev–Trinajstić information content (AvgIpc) is 2.71. The third-order valence-corrected chi connectivity index (χ3v) is 4.04. The topological polar surface area (TPSA) is 70.3 Å². The van der Waals surface area contributed by atoms with Gasteiger partial charge < -0.3 is 10.4 Å². The molecule has 0 fully saturated rings. The van der Waals surface area contributed by atoms with Gasteiger partial charge in [-0.2, -0.15) is 4.57 Å². The van der Waals surface area contributed by atoms with Crippen LogP contribution in [0, 0.1) is 13.8 Å². The maximum absolute atomic E-state index is 11.9. The summed E-state index contributed by atoms with van der Waals surface area (Å²) in [7, 11) is 0. The summed E-state index contributed by atoms with van der Waals surface area (Å²) in [6.45, 7) is 4.23. The first-order valence-electron chi connectivity index (χ1n) is 6.04. The number of nitrogens with zero attached hydrogens (tertiary/aromatic N) is 1. The van der Waals surface area contributed by atoms with Crippen molar-refractivity contribution < 1.29 is 19.3 Å². The molecule has 0 aliphatic carbocycles. The molecule has 0 bridgehead atoms. The minimum absolute atomic E-state index is 0.140. The number of hydrogen-bond donors (Lipinski definition) is 2. The van der Waals surface area contributed by atoms with Crippen LogP contribution in [-0.4, -0.2) is 17.0 Å². The molecule has 0 radical (unpaired) electrons. The Hall–Kier alpha value is -2.21. The van der Waals surface area contributed by atoms with E-state index in [0.29, 0.717) is 5.69 Å². The van der Waals surface area contributed by atoms with Gasteiger partial charge in [-0.05, 0) is 31.2 Å². The predicted molar refractivity (Wildman–Crippen MR) is 76.0 cm³/mol. The SMILES string of the molecule is Cc1sc[n+](CC(=O)Nc2ccc(C(=O)O)cc2)c1C. The highest BCUT2D eigenvalue weighted by atomic mass is 32.1. The molecule has 0 unspecified atom stereocenters.